The van der Waals surface area contributed by atoms with Gasteiger partial charge in [-0.2, -0.15) is 0 Å². The summed E-state index contributed by atoms with van der Waals surface area (Å²) in [5, 5.41) is 11.2. The monoisotopic (exact) mass is 590 g/mol. The number of fused-ring (bicyclic) bond motifs is 3. The number of aliphatic hydroxyl groups excluding tert-OH is 1. The second-order valence-corrected chi connectivity index (χ2v) is 14.9. The fraction of sp³-hybridized carbons (Fsp3) is 0.645. The van der Waals surface area contributed by atoms with Crippen LogP contribution in [0, 0.1) is 23.7 Å². The standard InChI is InChI=1S/C31H43ClN2O5S/c1-20-6-5-8-29(35)27-13-10-24(27)18-34-15-4-3-7-22-16-26(32)12-9-25(22)19-39-30-14-11-23(17-28(30)34)31(36)33-40(37,38)21(20)2/h9,11-12,14,17,20-22,24,27,29,35H,3-8,10,13,15-16,18-19H2,1-2H3,(H,33,36)/t20-,21+,22-,24-,27+,29-/m0/s1. The summed E-state index contributed by atoms with van der Waals surface area (Å²) in [6.07, 6.45) is 11.7. The van der Waals surface area contributed by atoms with E-state index in [0.29, 0.717) is 42.6 Å². The zero-order chi connectivity index (χ0) is 28.4. The summed E-state index contributed by atoms with van der Waals surface area (Å²) in [6, 6.07) is 5.23. The summed E-state index contributed by atoms with van der Waals surface area (Å²) in [5.74, 6) is 0.883. The number of halogens is 1. The molecule has 1 saturated carbocycles. The fourth-order valence-corrected chi connectivity index (χ4v) is 8.27. The van der Waals surface area contributed by atoms with E-state index in [1.54, 1.807) is 25.1 Å². The number of anilines is 1. The Hall–Kier alpha value is -2.03. The number of ether oxygens (including phenoxy) is 1. The van der Waals surface area contributed by atoms with E-state index in [2.05, 4.69) is 15.7 Å². The number of sulfonamides is 1. The van der Waals surface area contributed by atoms with Crippen LogP contribution in [-0.2, 0) is 10.0 Å². The van der Waals surface area contributed by atoms with Crippen LogP contribution in [0.25, 0.3) is 0 Å². The van der Waals surface area contributed by atoms with Gasteiger partial charge in [0, 0.05) is 23.7 Å². The molecular weight excluding hydrogens is 548 g/mol. The normalized spacial score (nSPS) is 33.4. The molecule has 2 aliphatic carbocycles. The third-order valence-corrected chi connectivity index (χ3v) is 11.9. The maximum atomic E-state index is 13.3. The van der Waals surface area contributed by atoms with Gasteiger partial charge in [0.25, 0.3) is 5.91 Å². The summed E-state index contributed by atoms with van der Waals surface area (Å²) in [4.78, 5) is 15.6. The molecule has 1 fully saturated rings. The summed E-state index contributed by atoms with van der Waals surface area (Å²) in [7, 11) is -3.87. The van der Waals surface area contributed by atoms with Crippen molar-refractivity contribution in [3.63, 3.8) is 0 Å². The van der Waals surface area contributed by atoms with Gasteiger partial charge in [-0.1, -0.05) is 37.4 Å². The lowest BCUT2D eigenvalue weighted by Crippen LogP contribution is -2.44. The lowest BCUT2D eigenvalue weighted by Gasteiger charge is -2.43. The highest BCUT2D eigenvalue weighted by atomic mass is 35.5. The van der Waals surface area contributed by atoms with Gasteiger partial charge >= 0.3 is 0 Å². The first-order chi connectivity index (χ1) is 19.1. The van der Waals surface area contributed by atoms with E-state index in [1.165, 1.54) is 5.57 Å². The van der Waals surface area contributed by atoms with Crippen molar-refractivity contribution in [2.75, 3.05) is 24.6 Å². The van der Waals surface area contributed by atoms with Gasteiger partial charge in [0.15, 0.2) is 0 Å². The molecule has 1 aromatic rings. The molecule has 0 radical (unpaired) electrons. The number of allylic oxidation sites excluding steroid dienone is 3. The predicted octanol–water partition coefficient (Wildman–Crippen LogP) is 5.78. The Morgan fingerprint density at radius 3 is 2.65 bits per heavy atom. The molecule has 1 amide bonds. The second kappa shape index (κ2) is 12.5. The Labute approximate surface area is 244 Å². The predicted molar refractivity (Wildman–Crippen MR) is 159 cm³/mol. The number of nitrogens with zero attached hydrogens (tertiary/aromatic N) is 1. The van der Waals surface area contributed by atoms with Crippen molar-refractivity contribution in [2.45, 2.75) is 83.0 Å². The van der Waals surface area contributed by atoms with Crippen molar-refractivity contribution in [1.82, 2.24) is 4.72 Å². The SMILES string of the molecule is C[C@@H]1[C@@H](C)CCC[C@H](O)[C@@H]2CC[C@H]2CN2CCCC[C@H]3CC(Cl)=CC=C3COc3ccc(cc32)C(=O)NS1(=O)=O. The molecule has 2 aliphatic heterocycles. The van der Waals surface area contributed by atoms with E-state index in [4.69, 9.17) is 16.3 Å². The highest BCUT2D eigenvalue weighted by Crippen LogP contribution is 2.42. The number of benzene rings is 1. The van der Waals surface area contributed by atoms with Crippen molar-refractivity contribution in [1.29, 1.82) is 0 Å². The van der Waals surface area contributed by atoms with Crippen molar-refractivity contribution < 1.29 is 23.1 Å². The van der Waals surface area contributed by atoms with Gasteiger partial charge in [0.2, 0.25) is 10.0 Å². The summed E-state index contributed by atoms with van der Waals surface area (Å²) >= 11 is 6.37. The summed E-state index contributed by atoms with van der Waals surface area (Å²) < 4.78 is 35.0. The molecule has 0 saturated heterocycles. The van der Waals surface area contributed by atoms with E-state index in [1.807, 2.05) is 13.0 Å². The van der Waals surface area contributed by atoms with Crippen molar-refractivity contribution in [2.24, 2.45) is 23.7 Å². The molecule has 220 valence electrons. The van der Waals surface area contributed by atoms with E-state index < -0.39 is 21.2 Å². The van der Waals surface area contributed by atoms with Crippen LogP contribution in [0.1, 0.15) is 82.0 Å². The van der Waals surface area contributed by atoms with Gasteiger partial charge in [-0.3, -0.25) is 4.79 Å². The average molecular weight is 591 g/mol. The van der Waals surface area contributed by atoms with Gasteiger partial charge in [-0.25, -0.2) is 13.1 Å². The Kier molecular flexibility index (Phi) is 9.17. The molecule has 6 atom stereocenters. The smallest absolute Gasteiger partial charge is 0.264 e. The molecule has 0 spiro atoms. The molecule has 2 heterocycles. The van der Waals surface area contributed by atoms with Gasteiger partial charge in [0.05, 0.1) is 17.0 Å². The van der Waals surface area contributed by atoms with Gasteiger partial charge in [0.1, 0.15) is 12.4 Å². The number of hydrogen-bond donors (Lipinski definition) is 2. The van der Waals surface area contributed by atoms with Crippen molar-refractivity contribution in [3.05, 3.63) is 46.5 Å². The molecule has 7 nitrogen and oxygen atoms in total. The minimum Gasteiger partial charge on any atom is -0.487 e. The van der Waals surface area contributed by atoms with E-state index in [-0.39, 0.29) is 17.9 Å². The van der Waals surface area contributed by atoms with Gasteiger partial charge < -0.3 is 14.7 Å². The molecule has 5 rings (SSSR count). The molecule has 4 aliphatic rings. The summed E-state index contributed by atoms with van der Waals surface area (Å²) in [5.41, 5.74) is 2.33. The number of amides is 1. The Bertz CT molecular complexity index is 1260. The molecule has 2 bridgehead atoms. The molecule has 1 aromatic carbocycles. The number of rotatable bonds is 0. The molecule has 0 aromatic heterocycles. The first-order valence-corrected chi connectivity index (χ1v) is 16.9. The second-order valence-electron chi connectivity index (χ2n) is 12.3. The first kappa shape index (κ1) is 29.5. The van der Waals surface area contributed by atoms with Crippen molar-refractivity contribution >= 4 is 33.2 Å². The Morgan fingerprint density at radius 2 is 1.88 bits per heavy atom. The minimum absolute atomic E-state index is 0.137. The third-order valence-electron chi connectivity index (χ3n) is 9.74. The first-order valence-electron chi connectivity index (χ1n) is 14.9. The lowest BCUT2D eigenvalue weighted by molar-refractivity contribution is 0.00888. The molecule has 0 unspecified atom stereocenters. The quantitative estimate of drug-likeness (QED) is 0.398. The van der Waals surface area contributed by atoms with Crippen LogP contribution in [0.4, 0.5) is 5.69 Å². The maximum absolute atomic E-state index is 13.3. The molecule has 9 heteroatoms. The number of hydrogen-bond acceptors (Lipinski definition) is 6. The van der Waals surface area contributed by atoms with E-state index in [0.717, 1.165) is 68.8 Å². The van der Waals surface area contributed by atoms with Crippen LogP contribution in [0.5, 0.6) is 5.75 Å². The number of nitrogens with one attached hydrogen (secondary N) is 1. The zero-order valence-corrected chi connectivity index (χ0v) is 25.2. The summed E-state index contributed by atoms with van der Waals surface area (Å²) in [6.45, 7) is 5.56. The Balaban J connectivity index is 1.51. The van der Waals surface area contributed by atoms with Gasteiger partial charge in [-0.15, -0.1) is 0 Å². The van der Waals surface area contributed by atoms with Crippen LogP contribution in [-0.4, -0.2) is 50.5 Å². The number of carbonyl (C=O) groups excluding carboxylic acids is 1. The highest BCUT2D eigenvalue weighted by molar-refractivity contribution is 7.90. The zero-order valence-electron chi connectivity index (χ0n) is 23.6. The third kappa shape index (κ3) is 6.55. The topological polar surface area (TPSA) is 95.9 Å². The van der Waals surface area contributed by atoms with Crippen LogP contribution in [0.2, 0.25) is 0 Å². The van der Waals surface area contributed by atoms with Crippen molar-refractivity contribution in [3.8, 4) is 5.75 Å². The minimum atomic E-state index is -3.87. The van der Waals surface area contributed by atoms with E-state index in [9.17, 15) is 18.3 Å². The molecule has 40 heavy (non-hydrogen) atoms. The maximum Gasteiger partial charge on any atom is 0.264 e. The lowest BCUT2D eigenvalue weighted by atomic mass is 9.69. The highest BCUT2D eigenvalue weighted by Gasteiger charge is 2.38. The van der Waals surface area contributed by atoms with E-state index >= 15 is 0 Å². The van der Waals surface area contributed by atoms with Crippen LogP contribution < -0.4 is 14.4 Å². The molecule has 2 N–H and O–H groups in total. The van der Waals surface area contributed by atoms with Crippen LogP contribution >= 0.6 is 11.6 Å². The number of carbonyl (C=O) groups is 1. The van der Waals surface area contributed by atoms with Crippen LogP contribution in [0.3, 0.4) is 0 Å². The largest absolute Gasteiger partial charge is 0.487 e. The van der Waals surface area contributed by atoms with Gasteiger partial charge in [-0.05, 0) is 105 Å². The fourth-order valence-electron chi connectivity index (χ4n) is 6.71. The average Bonchev–Trinajstić information content (AvgIpc) is 2.92. The number of aliphatic hydroxyl groups is 1. The molecular formula is C31H43ClN2O5S. The Morgan fingerprint density at radius 1 is 1.05 bits per heavy atom. The van der Waals surface area contributed by atoms with Crippen LogP contribution in [0.15, 0.2) is 41.0 Å².